The predicted octanol–water partition coefficient (Wildman–Crippen LogP) is 5.20. The molecule has 5 rings (SSSR count). The van der Waals surface area contributed by atoms with Crippen LogP contribution >= 0.6 is 0 Å². The summed E-state index contributed by atoms with van der Waals surface area (Å²) in [4.78, 5) is 43.1. The summed E-state index contributed by atoms with van der Waals surface area (Å²) < 4.78 is 6.44. The van der Waals surface area contributed by atoms with Crippen LogP contribution in [0.15, 0.2) is 0 Å². The summed E-state index contributed by atoms with van der Waals surface area (Å²) in [6.07, 6.45) is 6.00. The van der Waals surface area contributed by atoms with Gasteiger partial charge < -0.3 is 20.7 Å². The van der Waals surface area contributed by atoms with Gasteiger partial charge in [-0.25, -0.2) is 0 Å². The average Bonchev–Trinajstić information content (AvgIpc) is 3.52. The minimum absolute atomic E-state index is 0.0344. The minimum Gasteiger partial charge on any atom is -0.462 e. The van der Waals surface area contributed by atoms with Crippen molar-refractivity contribution in [1.82, 2.24) is 10.2 Å². The highest BCUT2D eigenvalue weighted by atomic mass is 16.5. The first-order valence-electron chi connectivity index (χ1n) is 16.7. The second-order valence-electron chi connectivity index (χ2n) is 17.5. The molecule has 238 valence electrons. The van der Waals surface area contributed by atoms with E-state index in [4.69, 9.17) is 10.5 Å². The van der Waals surface area contributed by atoms with Crippen LogP contribution in [-0.4, -0.2) is 61.4 Å². The molecule has 2 spiro atoms. The van der Waals surface area contributed by atoms with Crippen molar-refractivity contribution in [2.45, 2.75) is 125 Å². The Hall–Kier alpha value is -1.47. The summed E-state index contributed by atoms with van der Waals surface area (Å²) in [7, 11) is 4.20. The second-order valence-corrected chi connectivity index (χ2v) is 17.5. The molecular formula is C35H59N3O4. The lowest BCUT2D eigenvalue weighted by molar-refractivity contribution is -0.171. The van der Waals surface area contributed by atoms with E-state index in [0.29, 0.717) is 24.7 Å². The van der Waals surface area contributed by atoms with Crippen LogP contribution in [0.3, 0.4) is 0 Å². The molecule has 3 N–H and O–H groups in total. The van der Waals surface area contributed by atoms with Crippen molar-refractivity contribution < 1.29 is 19.1 Å². The van der Waals surface area contributed by atoms with Crippen molar-refractivity contribution in [3.63, 3.8) is 0 Å². The third-order valence-electron chi connectivity index (χ3n) is 14.2. The van der Waals surface area contributed by atoms with E-state index in [0.717, 1.165) is 38.5 Å². The standard InChI is InChI=1S/C35H59N3O4/c1-20(2)28(40)37-25-14-15-34-18-35(34)24(13-12-23(34)31(25,7)19-36)32(8)16-22(42-29(41)30(4,5)6)27(21(3)38(10)11)33(32,9)17-26(35)39/h20-25,27H,12-19,36H2,1-11H3,(H,37,40)/t21-,22+,23-,24-,25-,27-,31-,32-,33+,34?,35-/m0/s1. The first kappa shape index (κ1) is 31.9. The lowest BCUT2D eigenvalue weighted by Gasteiger charge is -2.63. The maximum Gasteiger partial charge on any atom is 0.311 e. The zero-order valence-electron chi connectivity index (χ0n) is 28.4. The van der Waals surface area contributed by atoms with Gasteiger partial charge in [0.05, 0.1) is 5.41 Å². The fourth-order valence-electron chi connectivity index (χ4n) is 11.4. The van der Waals surface area contributed by atoms with Crippen LogP contribution < -0.4 is 11.1 Å². The fourth-order valence-corrected chi connectivity index (χ4v) is 11.4. The minimum atomic E-state index is -0.576. The normalized spacial score (nSPS) is 46.8. The molecule has 5 saturated carbocycles. The van der Waals surface area contributed by atoms with Gasteiger partial charge in [-0.15, -0.1) is 0 Å². The summed E-state index contributed by atoms with van der Waals surface area (Å²) in [5.74, 6) is 0.989. The number of ether oxygens (including phenoxy) is 1. The first-order chi connectivity index (χ1) is 19.3. The smallest absolute Gasteiger partial charge is 0.311 e. The SMILES string of the molecule is CC(C)C(=O)N[C@H]1CCC23C[C@]24C(=O)C[C@]2(C)[C@@H]([C@H](C)N(C)C)[C@H](OC(=O)C(C)(C)C)C[C@@]2(C)[C@@H]4CC[C@H]3[C@]1(C)CN. The number of nitrogens with one attached hydrogen (secondary N) is 1. The topological polar surface area (TPSA) is 102 Å². The number of carbonyl (C=O) groups is 3. The van der Waals surface area contributed by atoms with Crippen LogP contribution in [0.25, 0.3) is 0 Å². The van der Waals surface area contributed by atoms with Crippen LogP contribution in [0.5, 0.6) is 0 Å². The van der Waals surface area contributed by atoms with Crippen LogP contribution in [0.4, 0.5) is 0 Å². The number of ketones is 1. The number of carbonyl (C=O) groups excluding carboxylic acids is 3. The van der Waals surface area contributed by atoms with Crippen LogP contribution in [0.2, 0.25) is 0 Å². The van der Waals surface area contributed by atoms with Crippen molar-refractivity contribution in [3.8, 4) is 0 Å². The molecule has 0 saturated heterocycles. The molecule has 0 bridgehead atoms. The number of amides is 1. The molecule has 0 aromatic heterocycles. The number of hydrogen-bond donors (Lipinski definition) is 2. The number of fused-ring (bicyclic) bond motifs is 2. The number of nitrogens with two attached hydrogens (primary N) is 1. The monoisotopic (exact) mass is 585 g/mol. The van der Waals surface area contributed by atoms with E-state index in [1.54, 1.807) is 0 Å². The molecule has 0 radical (unpaired) electrons. The Bertz CT molecular complexity index is 1150. The van der Waals surface area contributed by atoms with Crippen LogP contribution in [-0.2, 0) is 19.1 Å². The summed E-state index contributed by atoms with van der Waals surface area (Å²) in [5, 5.41) is 3.37. The lowest BCUT2D eigenvalue weighted by atomic mass is 9.41. The molecule has 11 atom stereocenters. The van der Waals surface area contributed by atoms with E-state index in [-0.39, 0.29) is 74.9 Å². The third kappa shape index (κ3) is 4.00. The van der Waals surface area contributed by atoms with E-state index < -0.39 is 5.41 Å². The van der Waals surface area contributed by atoms with Crippen molar-refractivity contribution in [2.75, 3.05) is 20.6 Å². The third-order valence-corrected chi connectivity index (χ3v) is 14.2. The molecule has 0 heterocycles. The Morgan fingerprint density at radius 2 is 1.67 bits per heavy atom. The number of nitrogens with zero attached hydrogens (tertiary/aromatic N) is 1. The van der Waals surface area contributed by atoms with Gasteiger partial charge in [0, 0.05) is 41.2 Å². The van der Waals surface area contributed by atoms with Gasteiger partial charge in [0.2, 0.25) is 5.91 Å². The van der Waals surface area contributed by atoms with E-state index >= 15 is 0 Å². The second kappa shape index (κ2) is 9.76. The molecule has 5 aliphatic rings. The van der Waals surface area contributed by atoms with E-state index in [9.17, 15) is 14.4 Å². The van der Waals surface area contributed by atoms with Gasteiger partial charge in [0.1, 0.15) is 11.9 Å². The Balaban J connectivity index is 1.53. The molecule has 0 aromatic carbocycles. The van der Waals surface area contributed by atoms with Crippen molar-refractivity contribution in [1.29, 1.82) is 0 Å². The predicted molar refractivity (Wildman–Crippen MR) is 165 cm³/mol. The maximum absolute atomic E-state index is 14.8. The Labute approximate surface area is 254 Å². The molecular weight excluding hydrogens is 526 g/mol. The zero-order valence-corrected chi connectivity index (χ0v) is 28.4. The maximum atomic E-state index is 14.8. The van der Waals surface area contributed by atoms with Gasteiger partial charge in [-0.2, -0.15) is 0 Å². The Kier molecular flexibility index (Phi) is 7.42. The average molecular weight is 586 g/mol. The van der Waals surface area contributed by atoms with E-state index in [2.05, 4.69) is 52.0 Å². The molecule has 0 aliphatic heterocycles. The molecule has 7 heteroatoms. The largest absolute Gasteiger partial charge is 0.462 e. The van der Waals surface area contributed by atoms with Crippen molar-refractivity contribution in [2.24, 2.45) is 61.9 Å². The molecule has 5 fully saturated rings. The fraction of sp³-hybridized carbons (Fsp3) is 0.914. The van der Waals surface area contributed by atoms with Gasteiger partial charge in [0.25, 0.3) is 0 Å². The van der Waals surface area contributed by atoms with Gasteiger partial charge in [-0.1, -0.05) is 34.6 Å². The molecule has 0 aromatic rings. The highest BCUT2D eigenvalue weighted by Gasteiger charge is 2.86. The molecule has 1 unspecified atom stereocenters. The quantitative estimate of drug-likeness (QED) is 0.416. The summed E-state index contributed by atoms with van der Waals surface area (Å²) in [5.41, 5.74) is 5.05. The van der Waals surface area contributed by atoms with Gasteiger partial charge in [-0.05, 0) is 115 Å². The van der Waals surface area contributed by atoms with Crippen LogP contribution in [0, 0.1) is 56.2 Å². The number of hydrogen-bond acceptors (Lipinski definition) is 6. The van der Waals surface area contributed by atoms with Gasteiger partial charge in [0.15, 0.2) is 0 Å². The Morgan fingerprint density at radius 3 is 2.21 bits per heavy atom. The van der Waals surface area contributed by atoms with Gasteiger partial charge >= 0.3 is 5.97 Å². The molecule has 1 amide bonds. The Morgan fingerprint density at radius 1 is 1.05 bits per heavy atom. The van der Waals surface area contributed by atoms with Crippen molar-refractivity contribution in [3.05, 3.63) is 0 Å². The van der Waals surface area contributed by atoms with E-state index in [1.807, 2.05) is 34.6 Å². The van der Waals surface area contributed by atoms with E-state index in [1.165, 1.54) is 0 Å². The highest BCUT2D eigenvalue weighted by Crippen LogP contribution is 2.88. The highest BCUT2D eigenvalue weighted by molar-refractivity contribution is 5.92. The number of rotatable bonds is 6. The molecule has 7 nitrogen and oxygen atoms in total. The molecule has 5 aliphatic carbocycles. The summed E-state index contributed by atoms with van der Waals surface area (Å²) in [6, 6.07) is 0.209. The number of esters is 1. The molecule has 42 heavy (non-hydrogen) atoms. The number of Topliss-reactive ketones (excluding diaryl/α,β-unsaturated/α-hetero) is 1. The summed E-state index contributed by atoms with van der Waals surface area (Å²) >= 11 is 0. The summed E-state index contributed by atoms with van der Waals surface area (Å²) in [6.45, 7) is 19.5. The zero-order chi connectivity index (χ0) is 31.4. The van der Waals surface area contributed by atoms with Gasteiger partial charge in [-0.3, -0.25) is 14.4 Å². The lowest BCUT2D eigenvalue weighted by Crippen LogP contribution is -2.64. The van der Waals surface area contributed by atoms with Crippen molar-refractivity contribution >= 4 is 17.7 Å². The first-order valence-corrected chi connectivity index (χ1v) is 16.7. The van der Waals surface area contributed by atoms with Crippen LogP contribution in [0.1, 0.15) is 107 Å².